The van der Waals surface area contributed by atoms with Gasteiger partial charge >= 0.3 is 5.97 Å². The molecule has 8 nitrogen and oxygen atoms in total. The number of hydrogen-bond acceptors (Lipinski definition) is 5. The third-order valence-electron chi connectivity index (χ3n) is 6.02. The summed E-state index contributed by atoms with van der Waals surface area (Å²) < 4.78 is 8.61. The fourth-order valence-electron chi connectivity index (χ4n) is 4.26. The lowest BCUT2D eigenvalue weighted by Gasteiger charge is -2.27. The van der Waals surface area contributed by atoms with Crippen LogP contribution in [0.2, 0.25) is 0 Å². The topological polar surface area (TPSA) is 95.0 Å². The van der Waals surface area contributed by atoms with Crippen molar-refractivity contribution in [1.29, 1.82) is 0 Å². The number of rotatable bonds is 3. The molecule has 33 heavy (non-hydrogen) atoms. The second-order valence-corrected chi connectivity index (χ2v) is 9.51. The Balaban J connectivity index is 2.19. The smallest absolute Gasteiger partial charge is 0.341 e. The molecule has 0 atom stereocenters. The van der Waals surface area contributed by atoms with E-state index in [0.29, 0.717) is 16.7 Å². The predicted octanol–water partition coefficient (Wildman–Crippen LogP) is 3.80. The van der Waals surface area contributed by atoms with E-state index in [0.717, 1.165) is 32.1 Å². The molecule has 0 aliphatic heterocycles. The van der Waals surface area contributed by atoms with Gasteiger partial charge in [-0.15, -0.1) is 0 Å². The summed E-state index contributed by atoms with van der Waals surface area (Å²) in [6.45, 7) is 7.24. The number of esters is 1. The molecule has 3 aromatic heterocycles. The molecule has 0 saturated heterocycles. The van der Waals surface area contributed by atoms with E-state index in [1.54, 1.807) is 46.0 Å². The summed E-state index contributed by atoms with van der Waals surface area (Å²) in [5.41, 5.74) is 0.256. The lowest BCUT2D eigenvalue weighted by molar-refractivity contribution is -0.125. The number of aromatic nitrogens is 3. The molecule has 0 unspecified atom stereocenters. The van der Waals surface area contributed by atoms with Crippen LogP contribution in [-0.2, 0) is 9.53 Å². The Hall–Kier alpha value is -3.29. The normalized spacial score (nSPS) is 15.8. The van der Waals surface area contributed by atoms with Gasteiger partial charge < -0.3 is 9.30 Å². The number of amides is 1. The standard InChI is InChI=1S/C25H30N4O4/c1-5-33-23(31)18-15-17-20(26-19-13-9-10-14-28(19)22(17)30)29(16-11-7-6-8-12-16)21(18)27-24(32)25(2,3)4/h9-10,13-16H,5-8,11-12H2,1-4H3. The van der Waals surface area contributed by atoms with Crippen LogP contribution < -0.4 is 11.0 Å². The van der Waals surface area contributed by atoms with E-state index in [9.17, 15) is 14.4 Å². The number of nitrogens with zero attached hydrogens (tertiary/aromatic N) is 4. The van der Waals surface area contributed by atoms with Crippen molar-refractivity contribution in [1.82, 2.24) is 14.0 Å². The molecule has 0 N–H and O–H groups in total. The van der Waals surface area contributed by atoms with E-state index < -0.39 is 11.4 Å². The van der Waals surface area contributed by atoms with Gasteiger partial charge in [0.15, 0.2) is 5.49 Å². The van der Waals surface area contributed by atoms with Gasteiger partial charge in [0, 0.05) is 17.7 Å². The van der Waals surface area contributed by atoms with E-state index in [2.05, 4.69) is 4.99 Å². The monoisotopic (exact) mass is 450 g/mol. The molecular weight excluding hydrogens is 420 g/mol. The SMILES string of the molecule is CCOC(=O)c1cc2c(=O)n3ccccc3nc2n(C2CCCCC2)c1=NC(=O)C(C)(C)C. The number of carbonyl (C=O) groups is 2. The highest BCUT2D eigenvalue weighted by atomic mass is 16.5. The molecule has 1 aliphatic rings. The fourth-order valence-corrected chi connectivity index (χ4v) is 4.26. The van der Waals surface area contributed by atoms with Crippen LogP contribution in [0, 0.1) is 5.41 Å². The Labute approximate surface area is 191 Å². The number of pyridine rings is 2. The molecule has 1 fully saturated rings. The van der Waals surface area contributed by atoms with Gasteiger partial charge in [-0.05, 0) is 38.0 Å². The summed E-state index contributed by atoms with van der Waals surface area (Å²) in [4.78, 5) is 48.7. The Kier molecular flexibility index (Phi) is 6.19. The lowest BCUT2D eigenvalue weighted by atomic mass is 9.94. The van der Waals surface area contributed by atoms with E-state index in [4.69, 9.17) is 9.72 Å². The highest BCUT2D eigenvalue weighted by Gasteiger charge is 2.27. The number of fused-ring (bicyclic) bond motifs is 2. The molecule has 174 valence electrons. The predicted molar refractivity (Wildman–Crippen MR) is 125 cm³/mol. The number of ether oxygens (including phenoxy) is 1. The molecule has 0 aromatic carbocycles. The molecule has 0 radical (unpaired) electrons. The van der Waals surface area contributed by atoms with Crippen LogP contribution >= 0.6 is 0 Å². The minimum Gasteiger partial charge on any atom is -0.462 e. The van der Waals surface area contributed by atoms with Crippen molar-refractivity contribution in [2.24, 2.45) is 10.4 Å². The summed E-state index contributed by atoms with van der Waals surface area (Å²) in [7, 11) is 0. The van der Waals surface area contributed by atoms with Crippen LogP contribution in [0.5, 0.6) is 0 Å². The van der Waals surface area contributed by atoms with Gasteiger partial charge in [0.25, 0.3) is 11.5 Å². The first-order chi connectivity index (χ1) is 15.7. The minimum atomic E-state index is -0.734. The van der Waals surface area contributed by atoms with Gasteiger partial charge in [-0.25, -0.2) is 9.78 Å². The van der Waals surface area contributed by atoms with Crippen molar-refractivity contribution in [3.8, 4) is 0 Å². The van der Waals surface area contributed by atoms with Crippen LogP contribution in [0.3, 0.4) is 0 Å². The number of hydrogen-bond donors (Lipinski definition) is 0. The largest absolute Gasteiger partial charge is 0.462 e. The van der Waals surface area contributed by atoms with E-state index in [-0.39, 0.29) is 35.2 Å². The minimum absolute atomic E-state index is 0.0276. The third-order valence-corrected chi connectivity index (χ3v) is 6.02. The number of carbonyl (C=O) groups excluding carboxylic acids is 2. The highest BCUT2D eigenvalue weighted by molar-refractivity contribution is 5.94. The third kappa shape index (κ3) is 4.34. The van der Waals surface area contributed by atoms with Crippen molar-refractivity contribution < 1.29 is 14.3 Å². The van der Waals surface area contributed by atoms with Crippen molar-refractivity contribution in [3.05, 3.63) is 51.9 Å². The Morgan fingerprint density at radius 3 is 2.58 bits per heavy atom. The van der Waals surface area contributed by atoms with Crippen LogP contribution in [0.4, 0.5) is 0 Å². The summed E-state index contributed by atoms with van der Waals surface area (Å²) >= 11 is 0. The summed E-state index contributed by atoms with van der Waals surface area (Å²) in [6, 6.07) is 6.80. The summed E-state index contributed by atoms with van der Waals surface area (Å²) in [5, 5.41) is 0.300. The molecule has 4 rings (SSSR count). The first kappa shape index (κ1) is 22.9. The maximum atomic E-state index is 13.4. The van der Waals surface area contributed by atoms with Crippen molar-refractivity contribution in [2.45, 2.75) is 65.8 Å². The van der Waals surface area contributed by atoms with Gasteiger partial charge in [-0.2, -0.15) is 4.99 Å². The second-order valence-electron chi connectivity index (χ2n) is 9.51. The fraction of sp³-hybridized carbons (Fsp3) is 0.480. The first-order valence-corrected chi connectivity index (χ1v) is 11.6. The molecule has 3 heterocycles. The molecule has 1 amide bonds. The van der Waals surface area contributed by atoms with E-state index in [1.165, 1.54) is 10.5 Å². The van der Waals surface area contributed by atoms with E-state index >= 15 is 0 Å². The van der Waals surface area contributed by atoms with Gasteiger partial charge in [0.05, 0.1) is 12.0 Å². The van der Waals surface area contributed by atoms with Crippen molar-refractivity contribution >= 4 is 28.6 Å². The van der Waals surface area contributed by atoms with Gasteiger partial charge in [0.1, 0.15) is 16.9 Å². The Bertz CT molecular complexity index is 1360. The molecule has 0 spiro atoms. The Morgan fingerprint density at radius 1 is 1.18 bits per heavy atom. The maximum Gasteiger partial charge on any atom is 0.341 e. The van der Waals surface area contributed by atoms with Crippen molar-refractivity contribution in [2.75, 3.05) is 6.61 Å². The maximum absolute atomic E-state index is 13.4. The molecule has 1 aliphatic carbocycles. The molecule has 1 saturated carbocycles. The first-order valence-electron chi connectivity index (χ1n) is 11.6. The van der Waals surface area contributed by atoms with Crippen LogP contribution in [0.25, 0.3) is 16.7 Å². The highest BCUT2D eigenvalue weighted by Crippen LogP contribution is 2.29. The summed E-state index contributed by atoms with van der Waals surface area (Å²) in [5.74, 6) is -0.962. The zero-order valence-corrected chi connectivity index (χ0v) is 19.6. The van der Waals surface area contributed by atoms with Gasteiger partial charge in [-0.3, -0.25) is 14.0 Å². The van der Waals surface area contributed by atoms with E-state index in [1.807, 2.05) is 10.6 Å². The quantitative estimate of drug-likeness (QED) is 0.447. The van der Waals surface area contributed by atoms with Crippen LogP contribution in [0.1, 0.15) is 76.2 Å². The van der Waals surface area contributed by atoms with Gasteiger partial charge in [-0.1, -0.05) is 46.1 Å². The van der Waals surface area contributed by atoms with Crippen molar-refractivity contribution in [3.63, 3.8) is 0 Å². The van der Waals surface area contributed by atoms with Gasteiger partial charge in [0.2, 0.25) is 0 Å². The average Bonchev–Trinajstić information content (AvgIpc) is 2.79. The average molecular weight is 451 g/mol. The Morgan fingerprint density at radius 2 is 1.91 bits per heavy atom. The van der Waals surface area contributed by atoms with Crippen LogP contribution in [0.15, 0.2) is 40.2 Å². The summed E-state index contributed by atoms with van der Waals surface area (Å²) in [6.07, 6.45) is 6.52. The molecule has 8 heteroatoms. The van der Waals surface area contributed by atoms with Crippen LogP contribution in [-0.4, -0.2) is 32.4 Å². The zero-order valence-electron chi connectivity index (χ0n) is 19.6. The molecule has 3 aromatic rings. The molecule has 0 bridgehead atoms. The molecular formula is C25H30N4O4. The lowest BCUT2D eigenvalue weighted by Crippen LogP contribution is -2.36. The zero-order chi connectivity index (χ0) is 23.8. The second kappa shape index (κ2) is 8.92.